The fourth-order valence-electron chi connectivity index (χ4n) is 1.70. The van der Waals surface area contributed by atoms with Crippen molar-refractivity contribution in [1.29, 1.82) is 0 Å². The number of primary amides is 1. The van der Waals surface area contributed by atoms with Crippen molar-refractivity contribution in [3.05, 3.63) is 17.8 Å². The quantitative estimate of drug-likeness (QED) is 0.715. The van der Waals surface area contributed by atoms with E-state index in [1.54, 1.807) is 10.8 Å². The van der Waals surface area contributed by atoms with Crippen LogP contribution in [0.4, 0.5) is 5.95 Å². The summed E-state index contributed by atoms with van der Waals surface area (Å²) in [6.07, 6.45) is 1.71. The Morgan fingerprint density at radius 3 is 3.06 bits per heavy atom. The fraction of sp³-hybridized carbons (Fsp3) is 0.364. The topological polar surface area (TPSA) is 109 Å². The SMILES string of the molecule is Cc1ccnc2c1nc(N)n2CCOCC(N)=O. The molecule has 2 rings (SSSR count). The first kappa shape index (κ1) is 12.3. The van der Waals surface area contributed by atoms with Crippen LogP contribution in [0.3, 0.4) is 0 Å². The predicted octanol–water partition coefficient (Wildman–Crippen LogP) is -0.176. The summed E-state index contributed by atoms with van der Waals surface area (Å²) >= 11 is 0. The number of carbonyl (C=O) groups excluding carboxylic acids is 1. The minimum absolute atomic E-state index is 0.0982. The zero-order valence-corrected chi connectivity index (χ0v) is 10.1. The lowest BCUT2D eigenvalue weighted by molar-refractivity contribution is -0.122. The summed E-state index contributed by atoms with van der Waals surface area (Å²) in [5.41, 5.74) is 13.3. The maximum absolute atomic E-state index is 10.5. The van der Waals surface area contributed by atoms with Crippen LogP contribution in [0.5, 0.6) is 0 Å². The maximum Gasteiger partial charge on any atom is 0.243 e. The highest BCUT2D eigenvalue weighted by atomic mass is 16.5. The van der Waals surface area contributed by atoms with E-state index in [4.69, 9.17) is 16.2 Å². The highest BCUT2D eigenvalue weighted by Crippen LogP contribution is 2.18. The van der Waals surface area contributed by atoms with Crippen LogP contribution in [-0.4, -0.2) is 33.7 Å². The molecule has 2 aromatic rings. The van der Waals surface area contributed by atoms with Crippen molar-refractivity contribution >= 4 is 23.0 Å². The summed E-state index contributed by atoms with van der Waals surface area (Å²) in [7, 11) is 0. The molecule has 1 amide bonds. The third-order valence-corrected chi connectivity index (χ3v) is 2.57. The molecule has 0 aromatic carbocycles. The second-order valence-electron chi connectivity index (χ2n) is 3.94. The largest absolute Gasteiger partial charge is 0.370 e. The van der Waals surface area contributed by atoms with E-state index in [1.165, 1.54) is 0 Å². The number of pyridine rings is 1. The van der Waals surface area contributed by atoms with E-state index in [2.05, 4.69) is 9.97 Å². The number of hydrogen-bond acceptors (Lipinski definition) is 5. The molecule has 18 heavy (non-hydrogen) atoms. The monoisotopic (exact) mass is 249 g/mol. The van der Waals surface area contributed by atoms with Crippen molar-refractivity contribution in [1.82, 2.24) is 14.5 Å². The molecule has 0 saturated heterocycles. The number of fused-ring (bicyclic) bond motifs is 1. The molecular weight excluding hydrogens is 234 g/mol. The first-order chi connectivity index (χ1) is 8.59. The van der Waals surface area contributed by atoms with Crippen LogP contribution in [0.1, 0.15) is 5.56 Å². The number of rotatable bonds is 5. The Hall–Kier alpha value is -2.15. The van der Waals surface area contributed by atoms with Gasteiger partial charge in [-0.05, 0) is 18.6 Å². The summed E-state index contributed by atoms with van der Waals surface area (Å²) < 4.78 is 6.85. The van der Waals surface area contributed by atoms with Crippen LogP contribution < -0.4 is 11.5 Å². The van der Waals surface area contributed by atoms with E-state index in [1.807, 2.05) is 13.0 Å². The number of aryl methyl sites for hydroxylation is 1. The molecule has 0 fully saturated rings. The van der Waals surface area contributed by atoms with Gasteiger partial charge in [-0.2, -0.15) is 0 Å². The lowest BCUT2D eigenvalue weighted by Gasteiger charge is -2.05. The minimum Gasteiger partial charge on any atom is -0.370 e. The van der Waals surface area contributed by atoms with Crippen LogP contribution in [0.15, 0.2) is 12.3 Å². The van der Waals surface area contributed by atoms with Crippen LogP contribution >= 0.6 is 0 Å². The first-order valence-electron chi connectivity index (χ1n) is 5.53. The molecule has 0 aliphatic heterocycles. The van der Waals surface area contributed by atoms with Gasteiger partial charge in [0.25, 0.3) is 0 Å². The number of ether oxygens (including phenoxy) is 1. The standard InChI is InChI=1S/C11H15N5O2/c1-7-2-3-14-10-9(7)15-11(13)16(10)4-5-18-6-8(12)17/h2-3H,4-6H2,1H3,(H2,12,17)(H2,13,15). The van der Waals surface area contributed by atoms with Gasteiger partial charge in [0.15, 0.2) is 5.65 Å². The smallest absolute Gasteiger partial charge is 0.243 e. The first-order valence-corrected chi connectivity index (χ1v) is 5.53. The molecule has 0 atom stereocenters. The highest BCUT2D eigenvalue weighted by molar-refractivity contribution is 5.77. The summed E-state index contributed by atoms with van der Waals surface area (Å²) in [6, 6.07) is 1.88. The van der Waals surface area contributed by atoms with Gasteiger partial charge in [-0.3, -0.25) is 9.36 Å². The Kier molecular flexibility index (Phi) is 3.42. The van der Waals surface area contributed by atoms with Crippen molar-refractivity contribution in [2.24, 2.45) is 5.73 Å². The summed E-state index contributed by atoms with van der Waals surface area (Å²) in [6.45, 7) is 2.66. The lowest BCUT2D eigenvalue weighted by atomic mass is 10.3. The average molecular weight is 249 g/mol. The molecule has 0 unspecified atom stereocenters. The number of amides is 1. The molecule has 0 bridgehead atoms. The molecule has 4 N–H and O–H groups in total. The van der Waals surface area contributed by atoms with E-state index >= 15 is 0 Å². The lowest BCUT2D eigenvalue weighted by Crippen LogP contribution is -2.20. The molecule has 0 aliphatic carbocycles. The third-order valence-electron chi connectivity index (χ3n) is 2.57. The average Bonchev–Trinajstić information content (AvgIpc) is 2.63. The minimum atomic E-state index is -0.493. The van der Waals surface area contributed by atoms with Crippen LogP contribution in [-0.2, 0) is 16.1 Å². The third kappa shape index (κ3) is 2.40. The summed E-state index contributed by atoms with van der Waals surface area (Å²) in [4.78, 5) is 19.0. The molecule has 7 nitrogen and oxygen atoms in total. The van der Waals surface area contributed by atoms with E-state index in [9.17, 15) is 4.79 Å². The van der Waals surface area contributed by atoms with Gasteiger partial charge in [0.1, 0.15) is 12.1 Å². The van der Waals surface area contributed by atoms with Gasteiger partial charge in [0.05, 0.1) is 13.2 Å². The Morgan fingerprint density at radius 1 is 1.56 bits per heavy atom. The van der Waals surface area contributed by atoms with Crippen molar-refractivity contribution in [2.45, 2.75) is 13.5 Å². The van der Waals surface area contributed by atoms with Crippen molar-refractivity contribution < 1.29 is 9.53 Å². The number of aromatic nitrogens is 3. The number of carbonyl (C=O) groups is 1. The predicted molar refractivity (Wildman–Crippen MR) is 66.7 cm³/mol. The van der Waals surface area contributed by atoms with E-state index < -0.39 is 5.91 Å². The fourth-order valence-corrected chi connectivity index (χ4v) is 1.70. The number of hydrogen-bond donors (Lipinski definition) is 2. The van der Waals surface area contributed by atoms with Crippen molar-refractivity contribution in [2.75, 3.05) is 18.9 Å². The molecule has 96 valence electrons. The molecule has 0 aliphatic rings. The van der Waals surface area contributed by atoms with Crippen molar-refractivity contribution in [3.8, 4) is 0 Å². The second kappa shape index (κ2) is 5.01. The number of nitrogen functional groups attached to an aromatic ring is 1. The molecule has 2 aromatic heterocycles. The Morgan fingerprint density at radius 2 is 2.33 bits per heavy atom. The second-order valence-corrected chi connectivity index (χ2v) is 3.94. The summed E-state index contributed by atoms with van der Waals surface area (Å²) in [5, 5.41) is 0. The van der Waals surface area contributed by atoms with Gasteiger partial charge < -0.3 is 16.2 Å². The Labute approximate surface area is 104 Å². The zero-order valence-electron chi connectivity index (χ0n) is 10.1. The van der Waals surface area contributed by atoms with Crippen molar-refractivity contribution in [3.63, 3.8) is 0 Å². The molecular formula is C11H15N5O2. The molecule has 2 heterocycles. The van der Waals surface area contributed by atoms with Crippen LogP contribution in [0.25, 0.3) is 11.2 Å². The number of nitrogens with two attached hydrogens (primary N) is 2. The van der Waals surface area contributed by atoms with Gasteiger partial charge in [0.2, 0.25) is 11.9 Å². The van der Waals surface area contributed by atoms with Gasteiger partial charge >= 0.3 is 0 Å². The molecule has 0 saturated carbocycles. The summed E-state index contributed by atoms with van der Waals surface area (Å²) in [5.74, 6) is -0.109. The Balaban J connectivity index is 2.15. The highest BCUT2D eigenvalue weighted by Gasteiger charge is 2.10. The maximum atomic E-state index is 10.5. The van der Waals surface area contributed by atoms with E-state index in [-0.39, 0.29) is 6.61 Å². The van der Waals surface area contributed by atoms with Gasteiger partial charge in [-0.1, -0.05) is 0 Å². The van der Waals surface area contributed by atoms with Gasteiger partial charge in [-0.25, -0.2) is 9.97 Å². The number of anilines is 1. The molecule has 0 radical (unpaired) electrons. The zero-order chi connectivity index (χ0) is 13.1. The molecule has 7 heteroatoms. The van der Waals surface area contributed by atoms with Crippen LogP contribution in [0, 0.1) is 6.92 Å². The molecule has 0 spiro atoms. The van der Waals surface area contributed by atoms with Gasteiger partial charge in [-0.15, -0.1) is 0 Å². The number of nitrogens with zero attached hydrogens (tertiary/aromatic N) is 3. The number of imidazole rings is 1. The Bertz CT molecular complexity index is 578. The van der Waals surface area contributed by atoms with Gasteiger partial charge in [0, 0.05) is 6.20 Å². The normalized spacial score (nSPS) is 10.9. The van der Waals surface area contributed by atoms with E-state index in [0.717, 1.165) is 16.7 Å². The van der Waals surface area contributed by atoms with Crippen LogP contribution in [0.2, 0.25) is 0 Å². The van der Waals surface area contributed by atoms with E-state index in [0.29, 0.717) is 19.1 Å².